The third kappa shape index (κ3) is 3.64. The average molecular weight is 397 g/mol. The van der Waals surface area contributed by atoms with Gasteiger partial charge in [-0.25, -0.2) is 0 Å². The molecule has 0 spiro atoms. The van der Waals surface area contributed by atoms with Gasteiger partial charge in [0, 0.05) is 30.8 Å². The van der Waals surface area contributed by atoms with Gasteiger partial charge in [-0.1, -0.05) is 6.07 Å². The molecule has 1 aromatic rings. The third-order valence-corrected chi connectivity index (χ3v) is 7.95. The molecular weight excluding hydrogens is 364 g/mol. The van der Waals surface area contributed by atoms with E-state index in [0.717, 1.165) is 36.4 Å². The third-order valence-electron chi connectivity index (χ3n) is 7.95. The Kier molecular flexibility index (Phi) is 4.79. The van der Waals surface area contributed by atoms with Gasteiger partial charge in [0.05, 0.1) is 0 Å². The summed E-state index contributed by atoms with van der Waals surface area (Å²) in [7, 11) is 0. The molecule has 1 N–H and O–H groups in total. The van der Waals surface area contributed by atoms with E-state index >= 15 is 0 Å². The second-order valence-electron chi connectivity index (χ2n) is 10.0. The maximum Gasteiger partial charge on any atom is 0.258 e. The predicted octanol–water partition coefficient (Wildman–Crippen LogP) is 3.91. The molecule has 4 aliphatic carbocycles. The quantitative estimate of drug-likeness (QED) is 0.793. The molecule has 0 radical (unpaired) electrons. The van der Waals surface area contributed by atoms with Crippen LogP contribution in [0.3, 0.4) is 0 Å². The number of carbonyl (C=O) groups is 2. The number of anilines is 1. The van der Waals surface area contributed by atoms with E-state index in [1.165, 1.54) is 38.5 Å². The first-order chi connectivity index (χ1) is 14.0. The van der Waals surface area contributed by atoms with E-state index in [0.29, 0.717) is 17.6 Å². The van der Waals surface area contributed by atoms with Crippen LogP contribution in [0.5, 0.6) is 5.75 Å². The Morgan fingerprint density at radius 1 is 1.21 bits per heavy atom. The van der Waals surface area contributed by atoms with Gasteiger partial charge in [0.25, 0.3) is 5.91 Å². The second-order valence-corrected chi connectivity index (χ2v) is 10.0. The minimum absolute atomic E-state index is 0.0219. The van der Waals surface area contributed by atoms with Gasteiger partial charge in [-0.05, 0) is 87.2 Å². The van der Waals surface area contributed by atoms with Crippen LogP contribution in [0.2, 0.25) is 0 Å². The summed E-state index contributed by atoms with van der Waals surface area (Å²) in [6.07, 6.45) is 9.61. The first kappa shape index (κ1) is 19.0. The van der Waals surface area contributed by atoms with Crippen molar-refractivity contribution in [3.8, 4) is 5.75 Å². The maximum atomic E-state index is 12.6. The number of benzene rings is 1. The van der Waals surface area contributed by atoms with Crippen molar-refractivity contribution in [2.75, 3.05) is 18.1 Å². The summed E-state index contributed by atoms with van der Waals surface area (Å²) in [5.74, 6) is 3.40. The number of hydrogen-bond donors (Lipinski definition) is 1. The zero-order chi connectivity index (χ0) is 20.0. The monoisotopic (exact) mass is 396 g/mol. The first-order valence-electron chi connectivity index (χ1n) is 11.3. The molecule has 4 saturated carbocycles. The van der Waals surface area contributed by atoms with Gasteiger partial charge in [0.1, 0.15) is 5.75 Å². The second kappa shape index (κ2) is 7.33. The highest BCUT2D eigenvalue weighted by molar-refractivity contribution is 5.95. The largest absolute Gasteiger partial charge is 0.484 e. The topological polar surface area (TPSA) is 58.6 Å². The van der Waals surface area contributed by atoms with E-state index in [2.05, 4.69) is 12.2 Å². The minimum Gasteiger partial charge on any atom is -0.484 e. The molecule has 6 rings (SSSR count). The van der Waals surface area contributed by atoms with E-state index in [4.69, 9.17) is 4.74 Å². The highest BCUT2D eigenvalue weighted by atomic mass is 16.5. The molecule has 5 fully saturated rings. The first-order valence-corrected chi connectivity index (χ1v) is 11.3. The Labute approximate surface area is 173 Å². The number of nitrogens with zero attached hydrogens (tertiary/aromatic N) is 1. The average Bonchev–Trinajstić information content (AvgIpc) is 3.11. The lowest BCUT2D eigenvalue weighted by molar-refractivity contribution is -0.127. The highest BCUT2D eigenvalue weighted by Gasteiger charge is 2.53. The van der Waals surface area contributed by atoms with Crippen molar-refractivity contribution in [3.05, 3.63) is 24.3 Å². The number of nitrogens with one attached hydrogen (secondary N) is 1. The normalized spacial score (nSPS) is 33.8. The van der Waals surface area contributed by atoms with Crippen molar-refractivity contribution in [1.29, 1.82) is 0 Å². The number of carbonyl (C=O) groups excluding carboxylic acids is 2. The van der Waals surface area contributed by atoms with Gasteiger partial charge in [-0.15, -0.1) is 0 Å². The SMILES string of the molecule is C[C@@H](NC(=O)COc1cccc(N2CCCC2=O)c1)C12CC3CC(CC(C3)C1)C2. The molecular formula is C24H32N2O3. The lowest BCUT2D eigenvalue weighted by Crippen LogP contribution is -2.56. The van der Waals surface area contributed by atoms with Gasteiger partial charge < -0.3 is 15.0 Å². The van der Waals surface area contributed by atoms with Crippen molar-refractivity contribution >= 4 is 17.5 Å². The molecule has 29 heavy (non-hydrogen) atoms. The number of hydrogen-bond acceptors (Lipinski definition) is 3. The van der Waals surface area contributed by atoms with Gasteiger partial charge in [0.2, 0.25) is 5.91 Å². The fourth-order valence-electron chi connectivity index (χ4n) is 6.96. The standard InChI is InChI=1S/C24H32N2O3/c1-16(24-12-17-8-18(13-24)10-19(9-17)14-24)25-22(27)15-29-21-5-2-4-20(11-21)26-7-3-6-23(26)28/h2,4-5,11,16-19H,3,6-10,12-15H2,1H3,(H,25,27)/t16-,17?,18?,19?,24?/m1/s1. The van der Waals surface area contributed by atoms with E-state index in [9.17, 15) is 9.59 Å². The number of ether oxygens (including phenoxy) is 1. The smallest absolute Gasteiger partial charge is 0.258 e. The zero-order valence-corrected chi connectivity index (χ0v) is 17.4. The van der Waals surface area contributed by atoms with Crippen LogP contribution in [0.25, 0.3) is 0 Å². The van der Waals surface area contributed by atoms with Crippen LogP contribution < -0.4 is 15.0 Å². The van der Waals surface area contributed by atoms with Gasteiger partial charge in [0.15, 0.2) is 6.61 Å². The minimum atomic E-state index is -0.0455. The molecule has 5 nitrogen and oxygen atoms in total. The van der Waals surface area contributed by atoms with E-state index < -0.39 is 0 Å². The number of rotatable bonds is 6. The summed E-state index contributed by atoms with van der Waals surface area (Å²) < 4.78 is 5.77. The highest BCUT2D eigenvalue weighted by Crippen LogP contribution is 2.61. The van der Waals surface area contributed by atoms with Crippen LogP contribution in [-0.4, -0.2) is 31.0 Å². The van der Waals surface area contributed by atoms with Gasteiger partial charge in [-0.2, -0.15) is 0 Å². The Morgan fingerprint density at radius 2 is 1.90 bits per heavy atom. The van der Waals surface area contributed by atoms with Crippen LogP contribution in [-0.2, 0) is 9.59 Å². The molecule has 1 atom stereocenters. The van der Waals surface area contributed by atoms with Crippen LogP contribution in [0.1, 0.15) is 58.3 Å². The lowest BCUT2D eigenvalue weighted by atomic mass is 9.48. The molecule has 1 aliphatic heterocycles. The molecule has 1 saturated heterocycles. The van der Waals surface area contributed by atoms with Crippen molar-refractivity contribution in [3.63, 3.8) is 0 Å². The molecule has 4 bridgehead atoms. The Hall–Kier alpha value is -2.04. The Bertz CT molecular complexity index is 770. The summed E-state index contributed by atoms with van der Waals surface area (Å²) >= 11 is 0. The molecule has 0 aromatic heterocycles. The molecule has 2 amide bonds. The van der Waals surface area contributed by atoms with E-state index in [-0.39, 0.29) is 24.5 Å². The summed E-state index contributed by atoms with van der Waals surface area (Å²) in [5.41, 5.74) is 1.16. The van der Waals surface area contributed by atoms with Crippen LogP contribution in [0.15, 0.2) is 24.3 Å². The molecule has 0 unspecified atom stereocenters. The molecule has 1 heterocycles. The lowest BCUT2D eigenvalue weighted by Gasteiger charge is -2.59. The zero-order valence-electron chi connectivity index (χ0n) is 17.4. The summed E-state index contributed by atoms with van der Waals surface area (Å²) in [6.45, 7) is 2.98. The molecule has 156 valence electrons. The van der Waals surface area contributed by atoms with E-state index in [1.807, 2.05) is 24.3 Å². The van der Waals surface area contributed by atoms with Crippen molar-refractivity contribution in [1.82, 2.24) is 5.32 Å². The fraction of sp³-hybridized carbons (Fsp3) is 0.667. The van der Waals surface area contributed by atoms with Crippen molar-refractivity contribution < 1.29 is 14.3 Å². The van der Waals surface area contributed by atoms with Crippen molar-refractivity contribution in [2.24, 2.45) is 23.2 Å². The predicted molar refractivity (Wildman–Crippen MR) is 112 cm³/mol. The van der Waals surface area contributed by atoms with Crippen LogP contribution >= 0.6 is 0 Å². The molecule has 5 heteroatoms. The number of amides is 2. The van der Waals surface area contributed by atoms with E-state index in [1.54, 1.807) is 4.90 Å². The van der Waals surface area contributed by atoms with Gasteiger partial charge >= 0.3 is 0 Å². The molecule has 1 aromatic carbocycles. The summed E-state index contributed by atoms with van der Waals surface area (Å²) in [5, 5.41) is 3.26. The van der Waals surface area contributed by atoms with Crippen molar-refractivity contribution in [2.45, 2.75) is 64.3 Å². The van der Waals surface area contributed by atoms with Gasteiger partial charge in [-0.3, -0.25) is 9.59 Å². The van der Waals surface area contributed by atoms with Crippen LogP contribution in [0, 0.1) is 23.2 Å². The Morgan fingerprint density at radius 3 is 2.52 bits per heavy atom. The van der Waals surface area contributed by atoms with Crippen LogP contribution in [0.4, 0.5) is 5.69 Å². The Balaban J connectivity index is 1.17. The molecule has 5 aliphatic rings. The summed E-state index contributed by atoms with van der Waals surface area (Å²) in [4.78, 5) is 26.4. The maximum absolute atomic E-state index is 12.6. The fourth-order valence-corrected chi connectivity index (χ4v) is 6.96. The summed E-state index contributed by atoms with van der Waals surface area (Å²) in [6, 6.07) is 7.72.